The Hall–Kier alpha value is -1.85. The predicted molar refractivity (Wildman–Crippen MR) is 140 cm³/mol. The van der Waals surface area contributed by atoms with Crippen LogP contribution in [-0.2, 0) is 12.8 Å². The second-order valence-electron chi connectivity index (χ2n) is 6.93. The van der Waals surface area contributed by atoms with Crippen LogP contribution < -0.4 is 20.1 Å². The summed E-state index contributed by atoms with van der Waals surface area (Å²) in [5, 5.41) is 12.2. The molecule has 0 fully saturated rings. The molecule has 166 valence electrons. The lowest BCUT2D eigenvalue weighted by molar-refractivity contribution is 0.297. The molecule has 9 heteroatoms. The van der Waals surface area contributed by atoms with Crippen molar-refractivity contribution in [2.45, 2.75) is 26.2 Å². The van der Waals surface area contributed by atoms with Crippen molar-refractivity contribution in [1.82, 2.24) is 10.3 Å². The van der Waals surface area contributed by atoms with Gasteiger partial charge in [-0.25, -0.2) is 4.98 Å². The number of hydrogen-bond donors (Lipinski definition) is 2. The van der Waals surface area contributed by atoms with Gasteiger partial charge in [0, 0.05) is 54.4 Å². The van der Waals surface area contributed by atoms with Crippen LogP contribution in [0, 0.1) is 6.92 Å². The SMILES string of the molecule is Cc1nc(CCNC(=NCCc2cccs2)Nc2ccc3c(c2)OCCCO3)cs1.I. The third kappa shape index (κ3) is 7.36. The Balaban J connectivity index is 0.00000272. The normalized spacial score (nSPS) is 13.3. The number of halogens is 1. The first-order valence-corrected chi connectivity index (χ1v) is 11.9. The molecule has 0 spiro atoms. The van der Waals surface area contributed by atoms with Crippen molar-refractivity contribution in [2.75, 3.05) is 31.6 Å². The van der Waals surface area contributed by atoms with Crippen LogP contribution in [0.2, 0.25) is 0 Å². The number of rotatable bonds is 7. The molecular formula is C22H27IN4O2S2. The molecule has 31 heavy (non-hydrogen) atoms. The lowest BCUT2D eigenvalue weighted by atomic mass is 10.2. The van der Waals surface area contributed by atoms with E-state index in [2.05, 4.69) is 38.5 Å². The summed E-state index contributed by atoms with van der Waals surface area (Å²) in [6, 6.07) is 10.1. The van der Waals surface area contributed by atoms with E-state index < -0.39 is 0 Å². The van der Waals surface area contributed by atoms with Crippen LogP contribution in [0.1, 0.15) is 22.0 Å². The summed E-state index contributed by atoms with van der Waals surface area (Å²) in [4.78, 5) is 10.6. The van der Waals surface area contributed by atoms with Crippen molar-refractivity contribution in [3.8, 4) is 11.5 Å². The fourth-order valence-corrected chi connectivity index (χ4v) is 4.43. The molecule has 3 heterocycles. The van der Waals surface area contributed by atoms with Gasteiger partial charge in [-0.05, 0) is 30.5 Å². The number of aryl methyl sites for hydroxylation is 1. The van der Waals surface area contributed by atoms with Crippen molar-refractivity contribution in [3.63, 3.8) is 0 Å². The average molecular weight is 571 g/mol. The molecule has 1 aromatic carbocycles. The number of fused-ring (bicyclic) bond motifs is 1. The van der Waals surface area contributed by atoms with E-state index >= 15 is 0 Å². The summed E-state index contributed by atoms with van der Waals surface area (Å²) in [5.41, 5.74) is 2.03. The summed E-state index contributed by atoms with van der Waals surface area (Å²) in [5.74, 6) is 2.32. The molecule has 4 rings (SSSR count). The van der Waals surface area contributed by atoms with Crippen LogP contribution in [0.4, 0.5) is 5.69 Å². The Labute approximate surface area is 208 Å². The number of guanidine groups is 1. The molecule has 2 N–H and O–H groups in total. The van der Waals surface area contributed by atoms with E-state index in [1.54, 1.807) is 22.7 Å². The fourth-order valence-electron chi connectivity index (χ4n) is 3.08. The predicted octanol–water partition coefficient (Wildman–Crippen LogP) is 5.14. The number of nitrogens with zero attached hydrogens (tertiary/aromatic N) is 2. The van der Waals surface area contributed by atoms with Gasteiger partial charge in [0.25, 0.3) is 0 Å². The maximum atomic E-state index is 5.81. The molecule has 0 radical (unpaired) electrons. The third-order valence-electron chi connectivity index (χ3n) is 4.56. The number of benzene rings is 1. The van der Waals surface area contributed by atoms with E-state index in [1.807, 2.05) is 25.1 Å². The standard InChI is InChI=1S/C22H26N4O2S2.HI/c1-16-25-18(15-30-16)7-9-23-22(24-10-8-19-4-2-13-29-19)26-17-5-6-20-21(14-17)28-12-3-11-27-20;/h2,4-6,13-15H,3,7-12H2,1H3,(H2,23,24,26);1H. The second kappa shape index (κ2) is 12.3. The lowest BCUT2D eigenvalue weighted by Crippen LogP contribution is -2.32. The molecule has 2 aromatic heterocycles. The first-order valence-electron chi connectivity index (χ1n) is 10.1. The molecule has 0 bridgehead atoms. The Morgan fingerprint density at radius 2 is 2.00 bits per heavy atom. The maximum Gasteiger partial charge on any atom is 0.195 e. The topological polar surface area (TPSA) is 67.8 Å². The van der Waals surface area contributed by atoms with E-state index in [-0.39, 0.29) is 24.0 Å². The van der Waals surface area contributed by atoms with Crippen molar-refractivity contribution >= 4 is 58.3 Å². The Morgan fingerprint density at radius 1 is 1.13 bits per heavy atom. The summed E-state index contributed by atoms with van der Waals surface area (Å²) in [7, 11) is 0. The zero-order valence-electron chi connectivity index (χ0n) is 17.4. The minimum atomic E-state index is 0. The number of thiophene rings is 1. The van der Waals surface area contributed by atoms with Gasteiger partial charge in [-0.15, -0.1) is 46.7 Å². The van der Waals surface area contributed by atoms with Crippen LogP contribution in [0.5, 0.6) is 11.5 Å². The number of thiazole rings is 1. The number of anilines is 1. The zero-order chi connectivity index (χ0) is 20.6. The summed E-state index contributed by atoms with van der Waals surface area (Å²) in [6.45, 7) is 4.87. The Bertz CT molecular complexity index is 976. The highest BCUT2D eigenvalue weighted by atomic mass is 127. The van der Waals surface area contributed by atoms with Crippen LogP contribution in [0.25, 0.3) is 0 Å². The second-order valence-corrected chi connectivity index (χ2v) is 9.03. The van der Waals surface area contributed by atoms with Crippen molar-refractivity contribution < 1.29 is 9.47 Å². The molecule has 0 atom stereocenters. The number of aromatic nitrogens is 1. The highest BCUT2D eigenvalue weighted by Crippen LogP contribution is 2.32. The first kappa shape index (κ1) is 23.8. The Kier molecular flexibility index (Phi) is 9.41. The molecule has 0 unspecified atom stereocenters. The number of ether oxygens (including phenoxy) is 2. The minimum absolute atomic E-state index is 0. The van der Waals surface area contributed by atoms with Crippen molar-refractivity contribution in [3.05, 3.63) is 56.7 Å². The molecule has 0 saturated heterocycles. The molecule has 3 aromatic rings. The van der Waals surface area contributed by atoms with Gasteiger partial charge in [0.2, 0.25) is 0 Å². The average Bonchev–Trinajstić information content (AvgIpc) is 3.34. The van der Waals surface area contributed by atoms with Crippen molar-refractivity contribution in [1.29, 1.82) is 0 Å². The van der Waals surface area contributed by atoms with E-state index in [1.165, 1.54) is 4.88 Å². The van der Waals surface area contributed by atoms with Crippen LogP contribution >= 0.6 is 46.7 Å². The monoisotopic (exact) mass is 570 g/mol. The molecule has 1 aliphatic rings. The molecule has 0 aliphatic carbocycles. The highest BCUT2D eigenvalue weighted by molar-refractivity contribution is 14.0. The van der Waals surface area contributed by atoms with Crippen LogP contribution in [0.15, 0.2) is 46.1 Å². The van der Waals surface area contributed by atoms with E-state index in [0.29, 0.717) is 13.2 Å². The number of aliphatic imine (C=N–C) groups is 1. The van der Waals surface area contributed by atoms with Gasteiger partial charge in [0.1, 0.15) is 0 Å². The number of nitrogens with one attached hydrogen (secondary N) is 2. The van der Waals surface area contributed by atoms with Gasteiger partial charge in [-0.3, -0.25) is 4.99 Å². The summed E-state index contributed by atoms with van der Waals surface area (Å²) >= 11 is 3.45. The first-order chi connectivity index (χ1) is 14.8. The van der Waals surface area contributed by atoms with Gasteiger partial charge in [-0.2, -0.15) is 0 Å². The van der Waals surface area contributed by atoms with Gasteiger partial charge < -0.3 is 20.1 Å². The lowest BCUT2D eigenvalue weighted by Gasteiger charge is -2.14. The third-order valence-corrected chi connectivity index (χ3v) is 6.32. The van der Waals surface area contributed by atoms with E-state index in [9.17, 15) is 0 Å². The van der Waals surface area contributed by atoms with Crippen LogP contribution in [0.3, 0.4) is 0 Å². The summed E-state index contributed by atoms with van der Waals surface area (Å²) < 4.78 is 11.5. The van der Waals surface area contributed by atoms with Gasteiger partial charge in [0.15, 0.2) is 17.5 Å². The van der Waals surface area contributed by atoms with Crippen LogP contribution in [-0.4, -0.2) is 37.2 Å². The molecule has 1 aliphatic heterocycles. The van der Waals surface area contributed by atoms with Gasteiger partial charge in [-0.1, -0.05) is 6.07 Å². The van der Waals surface area contributed by atoms with E-state index in [0.717, 1.165) is 66.2 Å². The van der Waals surface area contributed by atoms with Gasteiger partial charge in [0.05, 0.1) is 23.9 Å². The highest BCUT2D eigenvalue weighted by Gasteiger charge is 2.11. The molecule has 0 amide bonds. The van der Waals surface area contributed by atoms with E-state index in [4.69, 9.17) is 14.5 Å². The fraction of sp³-hybridized carbons (Fsp3) is 0.364. The molecule has 0 saturated carbocycles. The maximum absolute atomic E-state index is 5.81. The Morgan fingerprint density at radius 3 is 2.77 bits per heavy atom. The van der Waals surface area contributed by atoms with Gasteiger partial charge >= 0.3 is 0 Å². The summed E-state index contributed by atoms with van der Waals surface area (Å²) in [6.07, 6.45) is 2.68. The quantitative estimate of drug-likeness (QED) is 0.234. The smallest absolute Gasteiger partial charge is 0.195 e. The molecule has 6 nitrogen and oxygen atoms in total. The largest absolute Gasteiger partial charge is 0.490 e. The minimum Gasteiger partial charge on any atom is -0.490 e. The van der Waals surface area contributed by atoms with Crippen molar-refractivity contribution in [2.24, 2.45) is 4.99 Å². The molecular weight excluding hydrogens is 543 g/mol. The number of hydrogen-bond acceptors (Lipinski definition) is 6. The zero-order valence-corrected chi connectivity index (χ0v) is 21.4.